The van der Waals surface area contributed by atoms with Crippen LogP contribution in [0.2, 0.25) is 0 Å². The van der Waals surface area contributed by atoms with Crippen molar-refractivity contribution in [3.63, 3.8) is 0 Å². The van der Waals surface area contributed by atoms with E-state index in [1.54, 1.807) is 6.20 Å². The van der Waals surface area contributed by atoms with E-state index < -0.39 is 0 Å². The van der Waals surface area contributed by atoms with Crippen LogP contribution in [0.5, 0.6) is 0 Å². The fourth-order valence-corrected chi connectivity index (χ4v) is 3.45. The molecule has 1 N–H and O–H groups in total. The van der Waals surface area contributed by atoms with Crippen LogP contribution in [0.4, 0.5) is 0 Å². The first-order valence-electron chi connectivity index (χ1n) is 8.90. The van der Waals surface area contributed by atoms with Gasteiger partial charge < -0.3 is 5.32 Å². The Hall–Kier alpha value is -2.34. The number of hydrogen-bond acceptors (Lipinski definition) is 4. The molecule has 0 fully saturated rings. The number of nitrogens with zero attached hydrogens (tertiary/aromatic N) is 3. The first-order valence-corrected chi connectivity index (χ1v) is 9.88. The quantitative estimate of drug-likeness (QED) is 0.505. The summed E-state index contributed by atoms with van der Waals surface area (Å²) in [5.74, 6) is 0.404. The molecule has 3 rings (SSSR count). The van der Waals surface area contributed by atoms with Crippen molar-refractivity contribution in [2.75, 3.05) is 12.3 Å². The topological polar surface area (TPSA) is 59.3 Å². The zero-order chi connectivity index (χ0) is 18.5. The first-order chi connectivity index (χ1) is 12.6. The van der Waals surface area contributed by atoms with Crippen LogP contribution in [-0.4, -0.2) is 32.8 Å². The maximum Gasteiger partial charge on any atom is 0.230 e. The van der Waals surface area contributed by atoms with Crippen LogP contribution in [0, 0.1) is 13.8 Å². The summed E-state index contributed by atoms with van der Waals surface area (Å²) in [7, 11) is 0. The van der Waals surface area contributed by atoms with Crippen molar-refractivity contribution < 1.29 is 4.79 Å². The molecule has 0 aliphatic rings. The van der Waals surface area contributed by atoms with Crippen LogP contribution >= 0.6 is 11.8 Å². The minimum atomic E-state index is 0.0427. The van der Waals surface area contributed by atoms with Gasteiger partial charge in [0.1, 0.15) is 5.03 Å². The molecular weight excluding hydrogens is 344 g/mol. The van der Waals surface area contributed by atoms with Crippen LogP contribution in [-0.2, 0) is 4.79 Å². The number of benzene rings is 1. The van der Waals surface area contributed by atoms with Gasteiger partial charge in [-0.25, -0.2) is 9.50 Å². The van der Waals surface area contributed by atoms with Gasteiger partial charge in [0.15, 0.2) is 0 Å². The number of hydrogen-bond donors (Lipinski definition) is 1. The van der Waals surface area contributed by atoms with Gasteiger partial charge in [0.05, 0.1) is 17.0 Å². The van der Waals surface area contributed by atoms with E-state index in [1.807, 2.05) is 16.8 Å². The molecule has 0 unspecified atom stereocenters. The van der Waals surface area contributed by atoms with Gasteiger partial charge in [-0.1, -0.05) is 37.2 Å². The molecule has 0 saturated carbocycles. The molecule has 136 valence electrons. The third kappa shape index (κ3) is 4.25. The van der Waals surface area contributed by atoms with E-state index >= 15 is 0 Å². The fourth-order valence-electron chi connectivity index (χ4n) is 2.64. The number of aromatic nitrogens is 3. The van der Waals surface area contributed by atoms with Crippen molar-refractivity contribution in [1.29, 1.82) is 0 Å². The molecule has 2 aromatic heterocycles. The molecule has 0 atom stereocenters. The average molecular weight is 369 g/mol. The third-order valence-corrected chi connectivity index (χ3v) is 5.34. The van der Waals surface area contributed by atoms with Crippen molar-refractivity contribution in [2.45, 2.75) is 38.6 Å². The number of carbonyl (C=O) groups is 1. The minimum absolute atomic E-state index is 0.0427. The lowest BCUT2D eigenvalue weighted by atomic mass is 10.0. The highest BCUT2D eigenvalue weighted by Crippen LogP contribution is 2.26. The highest BCUT2D eigenvalue weighted by molar-refractivity contribution is 8.00. The lowest BCUT2D eigenvalue weighted by Gasteiger charge is -2.04. The molecule has 26 heavy (non-hydrogen) atoms. The molecule has 0 bridgehead atoms. The summed E-state index contributed by atoms with van der Waals surface area (Å²) < 4.78 is 1.83. The van der Waals surface area contributed by atoms with Crippen molar-refractivity contribution >= 4 is 23.2 Å². The molecular formula is C20H24N4OS. The van der Waals surface area contributed by atoms with Crippen molar-refractivity contribution in [3.05, 3.63) is 47.8 Å². The molecule has 6 heteroatoms. The standard InChI is InChI=1S/C20H24N4OS/c1-4-5-8-21-19(25)13-26-20-18-12-17(23-24(18)10-9-22-20)16-7-6-14(2)15(3)11-16/h6-7,9-12H,4-5,8,13H2,1-3H3,(H,21,25). The van der Waals surface area contributed by atoms with Crippen molar-refractivity contribution in [3.8, 4) is 11.3 Å². The Morgan fingerprint density at radius 1 is 1.23 bits per heavy atom. The number of aryl methyl sites for hydroxylation is 2. The van der Waals surface area contributed by atoms with E-state index in [0.29, 0.717) is 5.75 Å². The Balaban J connectivity index is 1.78. The number of rotatable bonds is 7. The highest BCUT2D eigenvalue weighted by atomic mass is 32.2. The molecule has 2 heterocycles. The summed E-state index contributed by atoms with van der Waals surface area (Å²) in [6, 6.07) is 8.39. The Bertz CT molecular complexity index is 919. The summed E-state index contributed by atoms with van der Waals surface area (Å²) in [5, 5.41) is 8.42. The molecule has 0 radical (unpaired) electrons. The van der Waals surface area contributed by atoms with Crippen LogP contribution < -0.4 is 5.32 Å². The third-order valence-electron chi connectivity index (χ3n) is 4.35. The van der Waals surface area contributed by atoms with E-state index in [1.165, 1.54) is 22.9 Å². The Morgan fingerprint density at radius 2 is 2.08 bits per heavy atom. The van der Waals surface area contributed by atoms with Gasteiger partial charge in [0.25, 0.3) is 0 Å². The molecule has 0 spiro atoms. The maximum absolute atomic E-state index is 11.9. The zero-order valence-electron chi connectivity index (χ0n) is 15.5. The smallest absolute Gasteiger partial charge is 0.230 e. The SMILES string of the molecule is CCCCNC(=O)CSc1nccn2nc(-c3ccc(C)c(C)c3)cc12. The van der Waals surface area contributed by atoms with Gasteiger partial charge in [-0.15, -0.1) is 0 Å². The first kappa shape index (κ1) is 18.5. The largest absolute Gasteiger partial charge is 0.355 e. The number of unbranched alkanes of at least 4 members (excludes halogenated alkanes) is 1. The van der Waals surface area contributed by atoms with Gasteiger partial charge >= 0.3 is 0 Å². The predicted molar refractivity (Wildman–Crippen MR) is 107 cm³/mol. The molecule has 1 amide bonds. The van der Waals surface area contributed by atoms with E-state index in [4.69, 9.17) is 0 Å². The lowest BCUT2D eigenvalue weighted by Crippen LogP contribution is -2.26. The van der Waals surface area contributed by atoms with Gasteiger partial charge in [-0.05, 0) is 43.5 Å². The monoisotopic (exact) mass is 368 g/mol. The Labute approximate surface area is 158 Å². The van der Waals surface area contributed by atoms with E-state index in [9.17, 15) is 4.79 Å². The summed E-state index contributed by atoms with van der Waals surface area (Å²) in [5.41, 5.74) is 5.44. The maximum atomic E-state index is 11.9. The Kier molecular flexibility index (Phi) is 5.93. The van der Waals surface area contributed by atoms with Crippen LogP contribution in [0.1, 0.15) is 30.9 Å². The lowest BCUT2D eigenvalue weighted by molar-refractivity contribution is -0.118. The molecule has 0 saturated heterocycles. The fraction of sp³-hybridized carbons (Fsp3) is 0.350. The predicted octanol–water partition coefficient (Wildman–Crippen LogP) is 4.02. The normalized spacial score (nSPS) is 11.0. The molecule has 5 nitrogen and oxygen atoms in total. The second kappa shape index (κ2) is 8.36. The zero-order valence-corrected chi connectivity index (χ0v) is 16.3. The molecule has 0 aliphatic carbocycles. The average Bonchev–Trinajstić information content (AvgIpc) is 3.07. The number of amides is 1. The minimum Gasteiger partial charge on any atom is -0.355 e. The number of carbonyl (C=O) groups excluding carboxylic acids is 1. The van der Waals surface area contributed by atoms with Crippen molar-refractivity contribution in [2.24, 2.45) is 0 Å². The van der Waals surface area contributed by atoms with Gasteiger partial charge in [0, 0.05) is 24.5 Å². The van der Waals surface area contributed by atoms with Gasteiger partial charge in [0.2, 0.25) is 5.91 Å². The van der Waals surface area contributed by atoms with E-state index in [0.717, 1.165) is 41.2 Å². The van der Waals surface area contributed by atoms with Crippen LogP contribution in [0.25, 0.3) is 16.8 Å². The molecule has 3 aromatic rings. The molecule has 0 aliphatic heterocycles. The number of nitrogens with one attached hydrogen (secondary N) is 1. The van der Waals surface area contributed by atoms with Gasteiger partial charge in [-0.2, -0.15) is 5.10 Å². The van der Waals surface area contributed by atoms with Gasteiger partial charge in [-0.3, -0.25) is 4.79 Å². The summed E-state index contributed by atoms with van der Waals surface area (Å²) in [6.45, 7) is 7.05. The summed E-state index contributed by atoms with van der Waals surface area (Å²) in [6.07, 6.45) is 5.64. The molecule has 1 aromatic carbocycles. The second-order valence-corrected chi connectivity index (χ2v) is 7.35. The number of thioether (sulfide) groups is 1. The van der Waals surface area contributed by atoms with E-state index in [2.05, 4.69) is 54.4 Å². The number of fused-ring (bicyclic) bond motifs is 1. The van der Waals surface area contributed by atoms with Crippen LogP contribution in [0.15, 0.2) is 41.7 Å². The highest BCUT2D eigenvalue weighted by Gasteiger charge is 2.11. The van der Waals surface area contributed by atoms with Crippen LogP contribution in [0.3, 0.4) is 0 Å². The summed E-state index contributed by atoms with van der Waals surface area (Å²) >= 11 is 1.45. The van der Waals surface area contributed by atoms with Crippen molar-refractivity contribution in [1.82, 2.24) is 19.9 Å². The van der Waals surface area contributed by atoms with E-state index in [-0.39, 0.29) is 5.91 Å². The summed E-state index contributed by atoms with van der Waals surface area (Å²) in [4.78, 5) is 16.4. The second-order valence-electron chi connectivity index (χ2n) is 6.38. The Morgan fingerprint density at radius 3 is 2.85 bits per heavy atom.